The number of hydrogen-bond acceptors (Lipinski definition) is 6. The first-order chi connectivity index (χ1) is 13.5. The number of nitrogens with zero attached hydrogens (tertiary/aromatic N) is 2. The summed E-state index contributed by atoms with van der Waals surface area (Å²) >= 11 is 1.32. The first-order valence-electron chi connectivity index (χ1n) is 8.59. The second kappa shape index (κ2) is 8.75. The Labute approximate surface area is 167 Å². The number of ether oxygens (including phenoxy) is 2. The van der Waals surface area contributed by atoms with Crippen molar-refractivity contribution in [1.82, 2.24) is 4.90 Å². The quantitative estimate of drug-likeness (QED) is 0.568. The Morgan fingerprint density at radius 2 is 1.96 bits per heavy atom. The lowest BCUT2D eigenvalue weighted by Gasteiger charge is -2.07. The fourth-order valence-electron chi connectivity index (χ4n) is 2.43. The molecule has 2 aromatic rings. The van der Waals surface area contributed by atoms with Crippen molar-refractivity contribution >= 4 is 40.6 Å². The van der Waals surface area contributed by atoms with Gasteiger partial charge in [-0.1, -0.05) is 29.8 Å². The Balaban J connectivity index is 1.78. The Hall–Kier alpha value is -3.06. The average molecular weight is 396 g/mol. The highest BCUT2D eigenvalue weighted by Crippen LogP contribution is 2.33. The maximum atomic E-state index is 12.6. The monoisotopic (exact) mass is 396 g/mol. The fraction of sp³-hybridized carbons (Fsp3) is 0.190. The number of hydrogen-bond donors (Lipinski definition) is 0. The zero-order valence-corrected chi connectivity index (χ0v) is 16.7. The lowest BCUT2D eigenvalue weighted by atomic mass is 10.2. The summed E-state index contributed by atoms with van der Waals surface area (Å²) in [6.45, 7) is 1.85. The molecule has 0 atom stereocenters. The molecule has 1 heterocycles. The Kier molecular flexibility index (Phi) is 6.16. The van der Waals surface area contributed by atoms with Crippen LogP contribution in [-0.4, -0.2) is 42.7 Å². The molecule has 0 aliphatic carbocycles. The summed E-state index contributed by atoms with van der Waals surface area (Å²) < 4.78 is 9.95. The highest BCUT2D eigenvalue weighted by Gasteiger charge is 2.30. The molecular formula is C21H20N2O4S. The third-order valence-corrected chi connectivity index (χ3v) is 5.06. The van der Waals surface area contributed by atoms with E-state index in [-0.39, 0.29) is 12.5 Å². The molecule has 7 heteroatoms. The van der Waals surface area contributed by atoms with Crippen molar-refractivity contribution in [3.05, 3.63) is 64.6 Å². The first kappa shape index (κ1) is 19.7. The van der Waals surface area contributed by atoms with E-state index in [0.717, 1.165) is 16.8 Å². The van der Waals surface area contributed by atoms with Crippen LogP contribution >= 0.6 is 11.8 Å². The number of aryl methyl sites for hydroxylation is 1. The van der Waals surface area contributed by atoms with Crippen molar-refractivity contribution in [3.63, 3.8) is 0 Å². The summed E-state index contributed by atoms with van der Waals surface area (Å²) in [5.74, 6) is -0.0438. The fourth-order valence-corrected chi connectivity index (χ4v) is 3.41. The summed E-state index contributed by atoms with van der Waals surface area (Å²) in [5.41, 5.74) is 2.75. The van der Waals surface area contributed by atoms with Gasteiger partial charge < -0.3 is 9.47 Å². The molecule has 1 fully saturated rings. The van der Waals surface area contributed by atoms with Gasteiger partial charge in [-0.3, -0.25) is 9.69 Å². The van der Waals surface area contributed by atoms with Crippen LogP contribution in [0.2, 0.25) is 0 Å². The predicted octanol–water partition coefficient (Wildman–Crippen LogP) is 3.78. The zero-order valence-electron chi connectivity index (χ0n) is 15.8. The largest absolute Gasteiger partial charge is 0.482 e. The summed E-state index contributed by atoms with van der Waals surface area (Å²) in [5, 5.41) is 0.623. The minimum atomic E-state index is -0.455. The number of benzene rings is 2. The maximum Gasteiger partial charge on any atom is 0.343 e. The Morgan fingerprint density at radius 1 is 1.21 bits per heavy atom. The molecule has 6 nitrogen and oxygen atoms in total. The number of aliphatic imine (C=N–C) groups is 1. The van der Waals surface area contributed by atoms with E-state index in [9.17, 15) is 9.59 Å². The number of amidine groups is 1. The normalized spacial score (nSPS) is 16.7. The minimum absolute atomic E-state index is 0.114. The number of rotatable bonds is 5. The molecule has 1 aliphatic heterocycles. The van der Waals surface area contributed by atoms with Crippen LogP contribution in [0.1, 0.15) is 11.1 Å². The number of likely N-dealkylation sites (N-methyl/N-ethyl adjacent to an activating group) is 1. The van der Waals surface area contributed by atoms with Gasteiger partial charge in [0.05, 0.1) is 17.7 Å². The number of esters is 1. The van der Waals surface area contributed by atoms with Gasteiger partial charge in [-0.25, -0.2) is 9.79 Å². The molecule has 0 unspecified atom stereocenters. The van der Waals surface area contributed by atoms with Gasteiger partial charge in [0, 0.05) is 7.05 Å². The van der Waals surface area contributed by atoms with Gasteiger partial charge in [-0.2, -0.15) is 0 Å². The van der Waals surface area contributed by atoms with Crippen LogP contribution in [-0.2, 0) is 14.3 Å². The number of amides is 1. The van der Waals surface area contributed by atoms with E-state index in [1.54, 1.807) is 31.3 Å². The van der Waals surface area contributed by atoms with Crippen molar-refractivity contribution in [1.29, 1.82) is 0 Å². The van der Waals surface area contributed by atoms with Crippen LogP contribution in [0.3, 0.4) is 0 Å². The summed E-state index contributed by atoms with van der Waals surface area (Å²) in [7, 11) is 3.01. The van der Waals surface area contributed by atoms with Crippen LogP contribution in [0.4, 0.5) is 5.69 Å². The summed E-state index contributed by atoms with van der Waals surface area (Å²) in [6, 6.07) is 15.0. The molecule has 28 heavy (non-hydrogen) atoms. The lowest BCUT2D eigenvalue weighted by molar-refractivity contribution is -0.142. The van der Waals surface area contributed by atoms with E-state index >= 15 is 0 Å². The number of thioether (sulfide) groups is 1. The zero-order chi connectivity index (χ0) is 20.1. The molecule has 0 N–H and O–H groups in total. The van der Waals surface area contributed by atoms with Crippen LogP contribution in [0.15, 0.2) is 58.4 Å². The van der Waals surface area contributed by atoms with E-state index < -0.39 is 5.97 Å². The Morgan fingerprint density at radius 3 is 2.68 bits per heavy atom. The average Bonchev–Trinajstić information content (AvgIpc) is 2.96. The predicted molar refractivity (Wildman–Crippen MR) is 111 cm³/mol. The molecule has 1 aliphatic rings. The summed E-state index contributed by atoms with van der Waals surface area (Å²) in [4.78, 5) is 30.4. The first-order valence-corrected chi connectivity index (χ1v) is 9.40. The van der Waals surface area contributed by atoms with E-state index in [1.165, 1.54) is 23.8 Å². The number of carbonyl (C=O) groups excluding carboxylic acids is 2. The highest BCUT2D eigenvalue weighted by molar-refractivity contribution is 8.18. The molecule has 0 saturated carbocycles. The van der Waals surface area contributed by atoms with E-state index in [4.69, 9.17) is 4.74 Å². The van der Waals surface area contributed by atoms with Crippen molar-refractivity contribution < 1.29 is 19.1 Å². The van der Waals surface area contributed by atoms with Crippen LogP contribution < -0.4 is 4.74 Å². The second-order valence-electron chi connectivity index (χ2n) is 6.14. The van der Waals surface area contributed by atoms with Crippen LogP contribution in [0.5, 0.6) is 5.75 Å². The standard InChI is InChI=1S/C21H20N2O4S/c1-14-7-9-16(10-8-14)22-21-23(2)20(25)18(28-21)12-15-5-4-6-17(11-15)27-13-19(24)26-3/h4-12H,13H2,1-3H3/b18-12+,22-21?. The molecule has 1 saturated heterocycles. The molecule has 0 spiro atoms. The smallest absolute Gasteiger partial charge is 0.343 e. The van der Waals surface area contributed by atoms with Gasteiger partial charge in [-0.05, 0) is 54.6 Å². The highest BCUT2D eigenvalue weighted by atomic mass is 32.2. The Bertz CT molecular complexity index is 951. The van der Waals surface area contributed by atoms with Crippen molar-refractivity contribution in [2.24, 2.45) is 4.99 Å². The molecule has 144 valence electrons. The van der Waals surface area contributed by atoms with Gasteiger partial charge in [0.15, 0.2) is 11.8 Å². The molecule has 1 amide bonds. The molecule has 2 aromatic carbocycles. The molecule has 0 bridgehead atoms. The van der Waals surface area contributed by atoms with Gasteiger partial charge in [0.2, 0.25) is 0 Å². The van der Waals surface area contributed by atoms with Gasteiger partial charge >= 0.3 is 5.97 Å². The van der Waals surface area contributed by atoms with Crippen molar-refractivity contribution in [2.45, 2.75) is 6.92 Å². The van der Waals surface area contributed by atoms with Gasteiger partial charge in [0.25, 0.3) is 5.91 Å². The van der Waals surface area contributed by atoms with E-state index in [2.05, 4.69) is 9.73 Å². The number of carbonyl (C=O) groups is 2. The van der Waals surface area contributed by atoms with Crippen molar-refractivity contribution in [3.8, 4) is 5.75 Å². The third-order valence-electron chi connectivity index (χ3n) is 4.00. The van der Waals surface area contributed by atoms with Crippen LogP contribution in [0.25, 0.3) is 6.08 Å². The molecular weight excluding hydrogens is 376 g/mol. The van der Waals surface area contributed by atoms with E-state index in [0.29, 0.717) is 15.8 Å². The van der Waals surface area contributed by atoms with Gasteiger partial charge in [-0.15, -0.1) is 0 Å². The summed E-state index contributed by atoms with van der Waals surface area (Å²) in [6.07, 6.45) is 1.78. The third kappa shape index (κ3) is 4.80. The number of methoxy groups -OCH3 is 1. The van der Waals surface area contributed by atoms with E-state index in [1.807, 2.05) is 37.3 Å². The van der Waals surface area contributed by atoms with Gasteiger partial charge in [0.1, 0.15) is 5.75 Å². The second-order valence-corrected chi connectivity index (χ2v) is 7.15. The SMILES string of the molecule is COC(=O)COc1cccc(/C=C2/SC(=Nc3ccc(C)cc3)N(C)C2=O)c1. The van der Waals surface area contributed by atoms with Crippen molar-refractivity contribution in [2.75, 3.05) is 20.8 Å². The minimum Gasteiger partial charge on any atom is -0.482 e. The maximum absolute atomic E-state index is 12.6. The molecule has 0 radical (unpaired) electrons. The topological polar surface area (TPSA) is 68.2 Å². The molecule has 0 aromatic heterocycles. The lowest BCUT2D eigenvalue weighted by Crippen LogP contribution is -2.23. The van der Waals surface area contributed by atoms with Crippen LogP contribution in [0, 0.1) is 6.92 Å². The molecule has 3 rings (SSSR count).